The molecule has 1 aromatic carbocycles. The van der Waals surface area contributed by atoms with Crippen LogP contribution in [-0.2, 0) is 17.8 Å². The summed E-state index contributed by atoms with van der Waals surface area (Å²) in [4.78, 5) is 20.7. The second-order valence-electron chi connectivity index (χ2n) is 5.68. The third-order valence-electron chi connectivity index (χ3n) is 3.75. The Hall–Kier alpha value is -3.41. The molecule has 0 saturated carbocycles. The van der Waals surface area contributed by atoms with Crippen LogP contribution in [0.1, 0.15) is 11.3 Å². The second kappa shape index (κ2) is 8.62. The quantitative estimate of drug-likeness (QED) is 0.685. The van der Waals surface area contributed by atoms with Crippen molar-refractivity contribution in [1.29, 1.82) is 0 Å². The van der Waals surface area contributed by atoms with E-state index in [1.807, 2.05) is 54.6 Å². The summed E-state index contributed by atoms with van der Waals surface area (Å²) in [6.07, 6.45) is 3.68. The number of nitrogens with one attached hydrogen (secondary N) is 2. The Labute approximate surface area is 152 Å². The van der Waals surface area contributed by atoms with E-state index in [9.17, 15) is 4.79 Å². The van der Waals surface area contributed by atoms with Crippen molar-refractivity contribution >= 4 is 17.4 Å². The molecule has 0 saturated heterocycles. The third kappa shape index (κ3) is 5.04. The lowest BCUT2D eigenvalue weighted by Crippen LogP contribution is -2.14. The molecule has 2 aromatic heterocycles. The molecule has 0 aliphatic heterocycles. The van der Waals surface area contributed by atoms with Crippen LogP contribution < -0.4 is 15.4 Å². The Morgan fingerprint density at radius 3 is 2.54 bits per heavy atom. The first-order chi connectivity index (χ1) is 12.7. The predicted octanol–water partition coefficient (Wildman–Crippen LogP) is 3.28. The summed E-state index contributed by atoms with van der Waals surface area (Å²) in [5.74, 6) is 1.40. The number of nitrogens with zero attached hydrogens (tertiary/aromatic N) is 2. The third-order valence-corrected chi connectivity index (χ3v) is 3.75. The first-order valence-corrected chi connectivity index (χ1v) is 8.25. The number of hydrogen-bond acceptors (Lipinski definition) is 5. The molecule has 3 rings (SSSR count). The van der Waals surface area contributed by atoms with Gasteiger partial charge in [0.15, 0.2) is 0 Å². The normalized spacial score (nSPS) is 10.2. The topological polar surface area (TPSA) is 76.1 Å². The summed E-state index contributed by atoms with van der Waals surface area (Å²) in [6.45, 7) is 0.594. The van der Waals surface area contributed by atoms with E-state index in [0.29, 0.717) is 18.7 Å². The van der Waals surface area contributed by atoms with Crippen LogP contribution in [-0.4, -0.2) is 23.0 Å². The maximum atomic E-state index is 12.1. The van der Waals surface area contributed by atoms with E-state index in [-0.39, 0.29) is 5.91 Å². The number of methoxy groups -OCH3 is 1. The van der Waals surface area contributed by atoms with Crippen molar-refractivity contribution in [2.24, 2.45) is 0 Å². The number of anilines is 2. The summed E-state index contributed by atoms with van der Waals surface area (Å²) in [5, 5.41) is 6.04. The van der Waals surface area contributed by atoms with Crippen molar-refractivity contribution in [2.45, 2.75) is 13.0 Å². The van der Waals surface area contributed by atoms with Crippen molar-refractivity contribution < 1.29 is 9.53 Å². The van der Waals surface area contributed by atoms with E-state index >= 15 is 0 Å². The summed E-state index contributed by atoms with van der Waals surface area (Å²) < 4.78 is 5.11. The van der Waals surface area contributed by atoms with Gasteiger partial charge in [-0.25, -0.2) is 4.98 Å². The molecule has 0 spiro atoms. The molecule has 0 aliphatic rings. The van der Waals surface area contributed by atoms with E-state index in [1.54, 1.807) is 19.5 Å². The van der Waals surface area contributed by atoms with Crippen molar-refractivity contribution in [1.82, 2.24) is 9.97 Å². The van der Waals surface area contributed by atoms with Gasteiger partial charge in [-0.2, -0.15) is 0 Å². The van der Waals surface area contributed by atoms with Crippen LogP contribution in [0.2, 0.25) is 0 Å². The van der Waals surface area contributed by atoms with E-state index in [1.165, 1.54) is 0 Å². The molecule has 0 radical (unpaired) electrons. The molecule has 1 amide bonds. The molecular formula is C20H20N4O2. The molecule has 6 nitrogen and oxygen atoms in total. The Balaban J connectivity index is 1.50. The molecule has 0 aliphatic carbocycles. The van der Waals surface area contributed by atoms with Gasteiger partial charge in [-0.3, -0.25) is 9.78 Å². The van der Waals surface area contributed by atoms with Gasteiger partial charge < -0.3 is 15.4 Å². The molecule has 0 atom stereocenters. The van der Waals surface area contributed by atoms with Gasteiger partial charge in [0.25, 0.3) is 0 Å². The van der Waals surface area contributed by atoms with Crippen LogP contribution in [0.15, 0.2) is 67.0 Å². The average molecular weight is 348 g/mol. The molecule has 6 heteroatoms. The fourth-order valence-electron chi connectivity index (χ4n) is 2.39. The maximum Gasteiger partial charge on any atom is 0.228 e. The first-order valence-electron chi connectivity index (χ1n) is 8.25. The van der Waals surface area contributed by atoms with Gasteiger partial charge in [0.05, 0.1) is 37.7 Å². The van der Waals surface area contributed by atoms with Gasteiger partial charge in [-0.1, -0.05) is 18.2 Å². The largest absolute Gasteiger partial charge is 0.497 e. The Morgan fingerprint density at radius 1 is 1.04 bits per heavy atom. The standard InChI is InChI=1S/C20H20N4O2/c1-26-18-8-5-15(6-9-18)12-20(25)24-17-7-10-19(23-14-17)22-13-16-4-2-3-11-21-16/h2-11,14H,12-13H2,1H3,(H,22,23)(H,24,25). The summed E-state index contributed by atoms with van der Waals surface area (Å²) >= 11 is 0. The average Bonchev–Trinajstić information content (AvgIpc) is 2.69. The van der Waals surface area contributed by atoms with Crippen molar-refractivity contribution in [2.75, 3.05) is 17.7 Å². The molecular weight excluding hydrogens is 328 g/mol. The van der Waals surface area contributed by atoms with Gasteiger partial charge in [-0.15, -0.1) is 0 Å². The Morgan fingerprint density at radius 2 is 1.88 bits per heavy atom. The van der Waals surface area contributed by atoms with Crippen molar-refractivity contribution in [3.8, 4) is 5.75 Å². The van der Waals surface area contributed by atoms with Crippen molar-refractivity contribution in [3.63, 3.8) is 0 Å². The highest BCUT2D eigenvalue weighted by Crippen LogP contribution is 2.14. The SMILES string of the molecule is COc1ccc(CC(=O)Nc2ccc(NCc3ccccn3)nc2)cc1. The van der Waals surface area contributed by atoms with Crippen LogP contribution in [0.3, 0.4) is 0 Å². The number of aromatic nitrogens is 2. The zero-order chi connectivity index (χ0) is 18.2. The minimum atomic E-state index is -0.0915. The minimum absolute atomic E-state index is 0.0915. The molecule has 0 unspecified atom stereocenters. The highest BCUT2D eigenvalue weighted by atomic mass is 16.5. The van der Waals surface area contributed by atoms with Gasteiger partial charge in [0.1, 0.15) is 11.6 Å². The molecule has 26 heavy (non-hydrogen) atoms. The molecule has 0 bridgehead atoms. The zero-order valence-electron chi connectivity index (χ0n) is 14.5. The van der Waals surface area contributed by atoms with Crippen molar-refractivity contribution in [3.05, 3.63) is 78.2 Å². The fraction of sp³-hybridized carbons (Fsp3) is 0.150. The number of benzene rings is 1. The lowest BCUT2D eigenvalue weighted by Gasteiger charge is -2.08. The lowest BCUT2D eigenvalue weighted by atomic mass is 10.1. The number of carbonyl (C=O) groups is 1. The van der Waals surface area contributed by atoms with Gasteiger partial charge in [-0.05, 0) is 42.0 Å². The Kier molecular flexibility index (Phi) is 5.77. The maximum absolute atomic E-state index is 12.1. The summed E-state index contributed by atoms with van der Waals surface area (Å²) in [6, 6.07) is 16.8. The van der Waals surface area contributed by atoms with E-state index in [0.717, 1.165) is 22.8 Å². The number of carbonyl (C=O) groups excluding carboxylic acids is 1. The highest BCUT2D eigenvalue weighted by molar-refractivity contribution is 5.92. The molecule has 132 valence electrons. The van der Waals surface area contributed by atoms with Crippen LogP contribution >= 0.6 is 0 Å². The van der Waals surface area contributed by atoms with Gasteiger partial charge >= 0.3 is 0 Å². The highest BCUT2D eigenvalue weighted by Gasteiger charge is 2.05. The summed E-state index contributed by atoms with van der Waals surface area (Å²) in [7, 11) is 1.61. The predicted molar refractivity (Wildman–Crippen MR) is 101 cm³/mol. The fourth-order valence-corrected chi connectivity index (χ4v) is 2.39. The van der Waals surface area contributed by atoms with Crippen LogP contribution in [0.5, 0.6) is 5.75 Å². The number of amides is 1. The Bertz CT molecular complexity index is 834. The van der Waals surface area contributed by atoms with E-state index < -0.39 is 0 Å². The van der Waals surface area contributed by atoms with E-state index in [4.69, 9.17) is 4.74 Å². The smallest absolute Gasteiger partial charge is 0.228 e. The summed E-state index contributed by atoms with van der Waals surface area (Å²) in [5.41, 5.74) is 2.52. The molecule has 0 fully saturated rings. The number of rotatable bonds is 7. The van der Waals surface area contributed by atoms with E-state index in [2.05, 4.69) is 20.6 Å². The first kappa shape index (κ1) is 17.4. The second-order valence-corrected chi connectivity index (χ2v) is 5.68. The molecule has 2 heterocycles. The molecule has 2 N–H and O–H groups in total. The van der Waals surface area contributed by atoms with Gasteiger partial charge in [0.2, 0.25) is 5.91 Å². The molecule has 3 aromatic rings. The zero-order valence-corrected chi connectivity index (χ0v) is 14.5. The number of ether oxygens (including phenoxy) is 1. The monoisotopic (exact) mass is 348 g/mol. The number of hydrogen-bond donors (Lipinski definition) is 2. The minimum Gasteiger partial charge on any atom is -0.497 e. The lowest BCUT2D eigenvalue weighted by molar-refractivity contribution is -0.115. The van der Waals surface area contributed by atoms with Crippen LogP contribution in [0.4, 0.5) is 11.5 Å². The number of pyridine rings is 2. The van der Waals surface area contributed by atoms with Gasteiger partial charge in [0, 0.05) is 6.20 Å². The van der Waals surface area contributed by atoms with Crippen LogP contribution in [0, 0.1) is 0 Å². The van der Waals surface area contributed by atoms with Crippen LogP contribution in [0.25, 0.3) is 0 Å².